The molecule has 0 fully saturated rings. The number of nitrogens with zero attached hydrogens (tertiary/aromatic N) is 3. The molecule has 0 aliphatic carbocycles. The van der Waals surface area contributed by atoms with Crippen molar-refractivity contribution in [1.29, 1.82) is 0 Å². The Kier molecular flexibility index (Phi) is 9.41. The Morgan fingerprint density at radius 3 is 2.46 bits per heavy atom. The van der Waals surface area contributed by atoms with Crippen LogP contribution in [-0.4, -0.2) is 83.7 Å². The van der Waals surface area contributed by atoms with Crippen LogP contribution in [0.25, 0.3) is 0 Å². The lowest BCUT2D eigenvalue weighted by atomic mass is 9.99. The molecule has 0 bridgehead atoms. The highest BCUT2D eigenvalue weighted by Crippen LogP contribution is 2.31. The summed E-state index contributed by atoms with van der Waals surface area (Å²) in [6, 6.07) is 14.3. The van der Waals surface area contributed by atoms with Crippen LogP contribution in [0.4, 0.5) is 16.2 Å². The number of hydrogen-bond donors (Lipinski definition) is 3. The maximum absolute atomic E-state index is 13.7. The highest BCUT2D eigenvalue weighted by molar-refractivity contribution is 6.05. The number of ether oxygens (including phenoxy) is 2. The molecule has 2 heterocycles. The lowest BCUT2D eigenvalue weighted by Crippen LogP contribution is -2.50. The Balaban J connectivity index is 1.56. The number of hydrogen-bond acceptors (Lipinski definition) is 7. The van der Waals surface area contributed by atoms with Crippen molar-refractivity contribution in [2.24, 2.45) is 5.92 Å². The predicted octanol–water partition coefficient (Wildman–Crippen LogP) is 3.73. The summed E-state index contributed by atoms with van der Waals surface area (Å²) in [6.07, 6.45) is 2.58. The molecule has 3 aromatic rings. The fourth-order valence-corrected chi connectivity index (χ4v) is 4.47. The number of likely N-dealkylation sites (N-methyl/N-ethyl adjacent to an activating group) is 1. The van der Waals surface area contributed by atoms with Gasteiger partial charge in [0.1, 0.15) is 17.6 Å². The normalized spacial score (nSPS) is 17.3. The molecule has 0 saturated carbocycles. The third kappa shape index (κ3) is 7.12. The number of carbonyl (C=O) groups excluding carboxylic acids is 3. The van der Waals surface area contributed by atoms with E-state index < -0.39 is 12.1 Å². The van der Waals surface area contributed by atoms with Gasteiger partial charge in [-0.3, -0.25) is 14.6 Å². The molecule has 1 aromatic heterocycles. The molecule has 11 heteroatoms. The van der Waals surface area contributed by atoms with Gasteiger partial charge in [-0.1, -0.05) is 6.92 Å². The molecule has 0 spiro atoms. The van der Waals surface area contributed by atoms with E-state index in [-0.39, 0.29) is 42.5 Å². The molecular weight excluding hydrogens is 526 g/mol. The van der Waals surface area contributed by atoms with Gasteiger partial charge in [0.25, 0.3) is 11.8 Å². The van der Waals surface area contributed by atoms with Crippen LogP contribution < -0.4 is 20.1 Å². The van der Waals surface area contributed by atoms with Crippen molar-refractivity contribution in [2.45, 2.75) is 26.0 Å². The molecule has 3 atom stereocenters. The molecule has 4 amide bonds. The van der Waals surface area contributed by atoms with Gasteiger partial charge in [-0.2, -0.15) is 0 Å². The van der Waals surface area contributed by atoms with Crippen molar-refractivity contribution in [3.05, 3.63) is 78.1 Å². The Bertz CT molecular complexity index is 1370. The van der Waals surface area contributed by atoms with Crippen molar-refractivity contribution < 1.29 is 29.0 Å². The number of benzene rings is 2. The number of rotatable bonds is 8. The van der Waals surface area contributed by atoms with Crippen molar-refractivity contribution in [2.75, 3.05) is 44.5 Å². The van der Waals surface area contributed by atoms with Crippen LogP contribution in [0.15, 0.2) is 67.0 Å². The minimum atomic E-state index is -0.473. The van der Waals surface area contributed by atoms with E-state index in [1.165, 1.54) is 17.3 Å². The second-order valence-electron chi connectivity index (χ2n) is 10.1. The molecule has 0 radical (unpaired) electrons. The van der Waals surface area contributed by atoms with Crippen molar-refractivity contribution in [1.82, 2.24) is 14.8 Å². The van der Waals surface area contributed by atoms with Crippen LogP contribution in [0.5, 0.6) is 11.5 Å². The van der Waals surface area contributed by atoms with Gasteiger partial charge < -0.3 is 35.0 Å². The summed E-state index contributed by atoms with van der Waals surface area (Å²) in [5.74, 6) is 0.166. The lowest BCUT2D eigenvalue weighted by Gasteiger charge is -2.38. The zero-order valence-corrected chi connectivity index (χ0v) is 23.5. The van der Waals surface area contributed by atoms with Crippen LogP contribution in [0, 0.1) is 5.92 Å². The summed E-state index contributed by atoms with van der Waals surface area (Å²) < 4.78 is 11.5. The van der Waals surface area contributed by atoms with Crippen molar-refractivity contribution in [3.63, 3.8) is 0 Å². The van der Waals surface area contributed by atoms with Gasteiger partial charge in [-0.05, 0) is 61.5 Å². The first-order valence-corrected chi connectivity index (χ1v) is 13.3. The highest BCUT2D eigenvalue weighted by Gasteiger charge is 2.34. The summed E-state index contributed by atoms with van der Waals surface area (Å²) in [7, 11) is 3.25. The summed E-state index contributed by atoms with van der Waals surface area (Å²) >= 11 is 0. The number of nitrogens with one attached hydrogen (secondary N) is 2. The minimum Gasteiger partial charge on any atom is -0.497 e. The number of aromatic nitrogens is 1. The third-order valence-corrected chi connectivity index (χ3v) is 7.01. The molecule has 216 valence electrons. The number of carbonyl (C=O) groups is 3. The Hall–Kier alpha value is -4.64. The molecule has 1 aliphatic rings. The molecule has 11 nitrogen and oxygen atoms in total. The Morgan fingerprint density at radius 1 is 1.12 bits per heavy atom. The zero-order valence-electron chi connectivity index (χ0n) is 23.5. The second kappa shape index (κ2) is 13.1. The van der Waals surface area contributed by atoms with Crippen LogP contribution >= 0.6 is 0 Å². The molecule has 41 heavy (non-hydrogen) atoms. The number of pyridine rings is 1. The SMILES string of the molecule is COc1ccc(NC(=O)N(C)C[C@H]2Oc3ccc(NC(=O)c4ccncc4)cc3C(=O)N([C@@H](C)CO)C[C@H]2C)cc1. The molecule has 3 N–H and O–H groups in total. The van der Waals surface area contributed by atoms with Crippen molar-refractivity contribution in [3.8, 4) is 11.5 Å². The third-order valence-electron chi connectivity index (χ3n) is 7.01. The van der Waals surface area contributed by atoms with E-state index >= 15 is 0 Å². The summed E-state index contributed by atoms with van der Waals surface area (Å²) in [6.45, 7) is 4.02. The largest absolute Gasteiger partial charge is 0.497 e. The van der Waals surface area contributed by atoms with Gasteiger partial charge >= 0.3 is 6.03 Å². The monoisotopic (exact) mass is 561 g/mol. The smallest absolute Gasteiger partial charge is 0.321 e. The van der Waals surface area contributed by atoms with E-state index in [1.807, 2.05) is 6.92 Å². The van der Waals surface area contributed by atoms with Gasteiger partial charge in [-0.15, -0.1) is 0 Å². The Morgan fingerprint density at radius 2 is 1.80 bits per heavy atom. The average Bonchev–Trinajstić information content (AvgIpc) is 2.99. The number of amides is 4. The maximum atomic E-state index is 13.7. The first kappa shape index (κ1) is 29.3. The average molecular weight is 562 g/mol. The molecule has 4 rings (SSSR count). The van der Waals surface area contributed by atoms with Crippen LogP contribution in [-0.2, 0) is 0 Å². The number of urea groups is 1. The quantitative estimate of drug-likeness (QED) is 0.382. The standard InChI is InChI=1S/C30H35N5O6/c1-19-16-35(20(2)18-36)29(38)25-15-23(32-28(37)21-11-13-31-14-12-21)7-10-26(25)41-27(19)17-34(3)30(39)33-22-5-8-24(40-4)9-6-22/h5-15,19-20,27,36H,16-18H2,1-4H3,(H,32,37)(H,33,39)/t19-,20+,27-/m1/s1. The molecular formula is C30H35N5O6. The Labute approximate surface area is 239 Å². The van der Waals surface area contributed by atoms with E-state index in [4.69, 9.17) is 9.47 Å². The molecule has 1 aliphatic heterocycles. The van der Waals surface area contributed by atoms with Gasteiger partial charge in [0.2, 0.25) is 0 Å². The first-order chi connectivity index (χ1) is 19.7. The van der Waals surface area contributed by atoms with E-state index in [9.17, 15) is 19.5 Å². The fraction of sp³-hybridized carbons (Fsp3) is 0.333. The topological polar surface area (TPSA) is 133 Å². The molecule has 0 unspecified atom stereocenters. The van der Waals surface area contributed by atoms with Gasteiger partial charge in [0.15, 0.2) is 0 Å². The summed E-state index contributed by atoms with van der Waals surface area (Å²) in [4.78, 5) is 46.4. The number of methoxy groups -OCH3 is 1. The van der Waals surface area contributed by atoms with E-state index in [2.05, 4.69) is 15.6 Å². The lowest BCUT2D eigenvalue weighted by molar-refractivity contribution is 0.0371. The summed E-state index contributed by atoms with van der Waals surface area (Å²) in [5.41, 5.74) is 1.71. The minimum absolute atomic E-state index is 0.177. The number of anilines is 2. The number of aliphatic hydroxyl groups excluding tert-OH is 1. The summed E-state index contributed by atoms with van der Waals surface area (Å²) in [5, 5.41) is 15.6. The maximum Gasteiger partial charge on any atom is 0.321 e. The van der Waals surface area contributed by atoms with Crippen LogP contribution in [0.2, 0.25) is 0 Å². The van der Waals surface area contributed by atoms with Gasteiger partial charge in [-0.25, -0.2) is 4.79 Å². The van der Waals surface area contributed by atoms with E-state index in [0.29, 0.717) is 35.0 Å². The van der Waals surface area contributed by atoms with E-state index in [1.54, 1.807) is 80.6 Å². The molecule has 2 aromatic carbocycles. The first-order valence-electron chi connectivity index (χ1n) is 13.3. The second-order valence-corrected chi connectivity index (χ2v) is 10.1. The highest BCUT2D eigenvalue weighted by atomic mass is 16.5. The van der Waals surface area contributed by atoms with E-state index in [0.717, 1.165) is 0 Å². The van der Waals surface area contributed by atoms with Crippen molar-refractivity contribution >= 4 is 29.2 Å². The predicted molar refractivity (Wildman–Crippen MR) is 154 cm³/mol. The van der Waals surface area contributed by atoms with Gasteiger partial charge in [0, 0.05) is 48.8 Å². The number of aliphatic hydroxyl groups is 1. The van der Waals surface area contributed by atoms with Crippen LogP contribution in [0.1, 0.15) is 34.6 Å². The van der Waals surface area contributed by atoms with Gasteiger partial charge in [0.05, 0.1) is 31.9 Å². The van der Waals surface area contributed by atoms with Crippen LogP contribution in [0.3, 0.4) is 0 Å². The molecule has 0 saturated heterocycles. The zero-order chi connectivity index (χ0) is 29.5. The fourth-order valence-electron chi connectivity index (χ4n) is 4.47. The number of fused-ring (bicyclic) bond motifs is 1.